The SMILES string of the molecule is O=C(c1ccc(CSc2nc3ccccc3c(=O)n2Cc2cccnc2)cc1)N1CCCC1. The molecule has 166 valence electrons. The number of hydrogen-bond donors (Lipinski definition) is 0. The van der Waals surface area contributed by atoms with E-state index < -0.39 is 0 Å². The van der Waals surface area contributed by atoms with Gasteiger partial charge in [-0.15, -0.1) is 0 Å². The van der Waals surface area contributed by atoms with E-state index >= 15 is 0 Å². The summed E-state index contributed by atoms with van der Waals surface area (Å²) in [4.78, 5) is 36.7. The first-order valence-electron chi connectivity index (χ1n) is 11.1. The molecule has 7 heteroatoms. The van der Waals surface area contributed by atoms with Gasteiger partial charge >= 0.3 is 0 Å². The lowest BCUT2D eigenvalue weighted by molar-refractivity contribution is 0.0793. The molecule has 1 saturated heterocycles. The van der Waals surface area contributed by atoms with Gasteiger partial charge in [-0.3, -0.25) is 19.1 Å². The van der Waals surface area contributed by atoms with E-state index in [0.29, 0.717) is 28.4 Å². The molecule has 0 aliphatic carbocycles. The van der Waals surface area contributed by atoms with E-state index in [2.05, 4.69) is 4.98 Å². The Morgan fingerprint density at radius 1 is 0.939 bits per heavy atom. The highest BCUT2D eigenvalue weighted by Gasteiger charge is 2.19. The van der Waals surface area contributed by atoms with Crippen LogP contribution in [0.1, 0.15) is 34.3 Å². The second-order valence-electron chi connectivity index (χ2n) is 8.15. The predicted molar refractivity (Wildman–Crippen MR) is 130 cm³/mol. The van der Waals surface area contributed by atoms with Gasteiger partial charge in [0.15, 0.2) is 5.16 Å². The van der Waals surface area contributed by atoms with Crippen molar-refractivity contribution in [3.63, 3.8) is 0 Å². The first-order valence-corrected chi connectivity index (χ1v) is 12.1. The summed E-state index contributed by atoms with van der Waals surface area (Å²) in [6.45, 7) is 2.10. The number of carbonyl (C=O) groups excluding carboxylic acids is 1. The van der Waals surface area contributed by atoms with E-state index in [1.54, 1.807) is 17.0 Å². The van der Waals surface area contributed by atoms with Crippen molar-refractivity contribution in [1.82, 2.24) is 19.4 Å². The number of amides is 1. The van der Waals surface area contributed by atoms with Crippen molar-refractivity contribution in [2.45, 2.75) is 30.3 Å². The summed E-state index contributed by atoms with van der Waals surface area (Å²) in [5.41, 5.74) is 3.39. The topological polar surface area (TPSA) is 68.1 Å². The lowest BCUT2D eigenvalue weighted by Gasteiger charge is -2.15. The Kier molecular flexibility index (Phi) is 6.21. The van der Waals surface area contributed by atoms with Crippen LogP contribution >= 0.6 is 11.8 Å². The van der Waals surface area contributed by atoms with Crippen molar-refractivity contribution in [2.24, 2.45) is 0 Å². The molecule has 0 saturated carbocycles. The molecule has 2 aromatic heterocycles. The van der Waals surface area contributed by atoms with E-state index in [0.717, 1.165) is 42.6 Å². The number of carbonyl (C=O) groups is 1. The van der Waals surface area contributed by atoms with Crippen LogP contribution in [-0.2, 0) is 12.3 Å². The Balaban J connectivity index is 1.39. The van der Waals surface area contributed by atoms with Crippen molar-refractivity contribution >= 4 is 28.6 Å². The van der Waals surface area contributed by atoms with E-state index in [1.165, 1.54) is 11.8 Å². The zero-order chi connectivity index (χ0) is 22.6. The third-order valence-corrected chi connectivity index (χ3v) is 6.90. The van der Waals surface area contributed by atoms with Gasteiger partial charge in [0.25, 0.3) is 11.5 Å². The summed E-state index contributed by atoms with van der Waals surface area (Å²) < 4.78 is 1.72. The number of nitrogens with zero attached hydrogens (tertiary/aromatic N) is 4. The molecule has 1 aliphatic heterocycles. The Bertz CT molecular complexity index is 1330. The van der Waals surface area contributed by atoms with Crippen LogP contribution in [0.25, 0.3) is 10.9 Å². The van der Waals surface area contributed by atoms with Gasteiger partial charge in [-0.05, 0) is 54.3 Å². The highest BCUT2D eigenvalue weighted by molar-refractivity contribution is 7.98. The number of para-hydroxylation sites is 1. The van der Waals surface area contributed by atoms with Gasteiger partial charge in [0.05, 0.1) is 17.4 Å². The van der Waals surface area contributed by atoms with Crippen LogP contribution in [0.5, 0.6) is 0 Å². The van der Waals surface area contributed by atoms with Crippen LogP contribution in [-0.4, -0.2) is 38.4 Å². The second-order valence-corrected chi connectivity index (χ2v) is 9.09. The van der Waals surface area contributed by atoms with Crippen molar-refractivity contribution in [3.8, 4) is 0 Å². The van der Waals surface area contributed by atoms with Crippen LogP contribution in [0.4, 0.5) is 0 Å². The quantitative estimate of drug-likeness (QED) is 0.318. The van der Waals surface area contributed by atoms with Crippen LogP contribution in [0, 0.1) is 0 Å². The average Bonchev–Trinajstić information content (AvgIpc) is 3.40. The van der Waals surface area contributed by atoms with Gasteiger partial charge in [0.2, 0.25) is 0 Å². The molecule has 0 N–H and O–H groups in total. The maximum absolute atomic E-state index is 13.3. The molecule has 1 fully saturated rings. The van der Waals surface area contributed by atoms with Gasteiger partial charge < -0.3 is 4.90 Å². The number of benzene rings is 2. The van der Waals surface area contributed by atoms with E-state index in [1.807, 2.05) is 65.6 Å². The Hall–Kier alpha value is -3.45. The van der Waals surface area contributed by atoms with Gasteiger partial charge in [-0.25, -0.2) is 4.98 Å². The second kappa shape index (κ2) is 9.58. The molecular formula is C26H24N4O2S. The molecule has 0 spiro atoms. The van der Waals surface area contributed by atoms with Crippen molar-refractivity contribution in [2.75, 3.05) is 13.1 Å². The van der Waals surface area contributed by atoms with Gasteiger partial charge in [0, 0.05) is 36.8 Å². The largest absolute Gasteiger partial charge is 0.339 e. The van der Waals surface area contributed by atoms with E-state index in [9.17, 15) is 9.59 Å². The molecule has 0 radical (unpaired) electrons. The summed E-state index contributed by atoms with van der Waals surface area (Å²) in [7, 11) is 0. The number of hydrogen-bond acceptors (Lipinski definition) is 5. The third kappa shape index (κ3) is 4.68. The van der Waals surface area contributed by atoms with Crippen LogP contribution in [0.3, 0.4) is 0 Å². The number of rotatable bonds is 6. The summed E-state index contributed by atoms with van der Waals surface area (Å²) >= 11 is 1.52. The fourth-order valence-electron chi connectivity index (χ4n) is 4.07. The Morgan fingerprint density at radius 2 is 1.73 bits per heavy atom. The van der Waals surface area contributed by atoms with E-state index in [4.69, 9.17) is 4.98 Å². The van der Waals surface area contributed by atoms with Crippen molar-refractivity contribution < 1.29 is 4.79 Å². The number of thioether (sulfide) groups is 1. The minimum absolute atomic E-state index is 0.0569. The number of likely N-dealkylation sites (tertiary alicyclic amines) is 1. The zero-order valence-electron chi connectivity index (χ0n) is 18.2. The zero-order valence-corrected chi connectivity index (χ0v) is 19.0. The van der Waals surface area contributed by atoms with Crippen molar-refractivity contribution in [1.29, 1.82) is 0 Å². The molecule has 3 heterocycles. The highest BCUT2D eigenvalue weighted by atomic mass is 32.2. The summed E-state index contributed by atoms with van der Waals surface area (Å²) in [6.07, 6.45) is 5.66. The maximum Gasteiger partial charge on any atom is 0.262 e. The highest BCUT2D eigenvalue weighted by Crippen LogP contribution is 2.23. The lowest BCUT2D eigenvalue weighted by atomic mass is 10.1. The molecule has 0 bridgehead atoms. The maximum atomic E-state index is 13.3. The smallest absolute Gasteiger partial charge is 0.262 e. The number of aromatic nitrogens is 3. The standard InChI is InChI=1S/C26H24N4O2S/c31-24(29-14-3-4-15-29)21-11-9-19(10-12-21)18-33-26-28-23-8-2-1-7-22(23)25(32)30(26)17-20-6-5-13-27-16-20/h1-2,5-13,16H,3-4,14-15,17-18H2. The fraction of sp³-hybridized carbons (Fsp3) is 0.231. The van der Waals surface area contributed by atoms with Gasteiger partial charge in [-0.2, -0.15) is 0 Å². The number of fused-ring (bicyclic) bond motifs is 1. The Morgan fingerprint density at radius 3 is 2.48 bits per heavy atom. The summed E-state index contributed by atoms with van der Waals surface area (Å²) in [6, 6.07) is 19.0. The summed E-state index contributed by atoms with van der Waals surface area (Å²) in [5.74, 6) is 0.754. The van der Waals surface area contributed by atoms with E-state index in [-0.39, 0.29) is 11.5 Å². The molecule has 4 aromatic rings. The molecular weight excluding hydrogens is 432 g/mol. The first kappa shape index (κ1) is 21.4. The first-order chi connectivity index (χ1) is 16.2. The molecule has 1 aliphatic rings. The van der Waals surface area contributed by atoms with Gasteiger partial charge in [-0.1, -0.05) is 42.1 Å². The molecule has 5 rings (SSSR count). The minimum Gasteiger partial charge on any atom is -0.339 e. The predicted octanol–water partition coefficient (Wildman–Crippen LogP) is 4.37. The average molecular weight is 457 g/mol. The summed E-state index contributed by atoms with van der Waals surface area (Å²) in [5, 5.41) is 1.27. The molecule has 1 amide bonds. The molecule has 0 atom stereocenters. The molecule has 0 unspecified atom stereocenters. The Labute approximate surface area is 196 Å². The molecule has 33 heavy (non-hydrogen) atoms. The third-order valence-electron chi connectivity index (χ3n) is 5.85. The van der Waals surface area contributed by atoms with Gasteiger partial charge in [0.1, 0.15) is 0 Å². The monoisotopic (exact) mass is 456 g/mol. The number of pyridine rings is 1. The molecule has 2 aromatic carbocycles. The van der Waals surface area contributed by atoms with Crippen LogP contribution in [0.2, 0.25) is 0 Å². The lowest BCUT2D eigenvalue weighted by Crippen LogP contribution is -2.27. The fourth-order valence-corrected chi connectivity index (χ4v) is 5.02. The van der Waals surface area contributed by atoms with Crippen LogP contribution in [0.15, 0.2) is 83.0 Å². The molecule has 6 nitrogen and oxygen atoms in total. The normalized spacial score (nSPS) is 13.5. The minimum atomic E-state index is -0.0569. The van der Waals surface area contributed by atoms with Crippen LogP contribution < -0.4 is 5.56 Å². The van der Waals surface area contributed by atoms with Crippen molar-refractivity contribution in [3.05, 3.63) is 100 Å².